The summed E-state index contributed by atoms with van der Waals surface area (Å²) in [5.41, 5.74) is -3.41. The molecule has 0 unspecified atom stereocenters. The van der Waals surface area contributed by atoms with Crippen molar-refractivity contribution in [3.05, 3.63) is 0 Å². The molecule has 0 heterocycles. The first-order chi connectivity index (χ1) is 16.8. The number of nitrogens with one attached hydrogen (secondary N) is 2. The molecule has 0 aromatic rings. The SMILES string of the molecule is CC(C)(C)C(=O)COCCOCCNC(C)(C)C(=O)CC[C@H](C=O)NC(=O)C(C)(C)CC(C)(C)C(=O)O. The topological polar surface area (TPSA) is 148 Å². The van der Waals surface area contributed by atoms with Gasteiger partial charge in [0.1, 0.15) is 12.9 Å². The molecular weight excluding hydrogens is 480 g/mol. The number of ether oxygens (including phenoxy) is 2. The smallest absolute Gasteiger partial charge is 0.309 e. The Balaban J connectivity index is 4.46. The maximum atomic E-state index is 12.7. The van der Waals surface area contributed by atoms with Crippen LogP contribution in [0.2, 0.25) is 0 Å². The number of ketones is 2. The molecule has 3 N–H and O–H groups in total. The summed E-state index contributed by atoms with van der Waals surface area (Å²) in [5, 5.41) is 15.1. The van der Waals surface area contributed by atoms with Gasteiger partial charge >= 0.3 is 5.97 Å². The highest BCUT2D eigenvalue weighted by Crippen LogP contribution is 2.34. The second-order valence-corrected chi connectivity index (χ2v) is 12.3. The van der Waals surface area contributed by atoms with E-state index in [0.29, 0.717) is 32.7 Å². The predicted octanol–water partition coefficient (Wildman–Crippen LogP) is 2.56. The summed E-state index contributed by atoms with van der Waals surface area (Å²) in [6, 6.07) is -0.854. The van der Waals surface area contributed by atoms with E-state index in [2.05, 4.69) is 10.6 Å². The Morgan fingerprint density at radius 2 is 1.41 bits per heavy atom. The molecular formula is C27H48N2O8. The van der Waals surface area contributed by atoms with Crippen LogP contribution >= 0.6 is 0 Å². The number of carboxylic acid groups (broad SMARTS) is 1. The monoisotopic (exact) mass is 528 g/mol. The molecule has 214 valence electrons. The molecule has 0 radical (unpaired) electrons. The zero-order chi connectivity index (χ0) is 29.1. The van der Waals surface area contributed by atoms with Crippen molar-refractivity contribution in [2.24, 2.45) is 16.2 Å². The minimum Gasteiger partial charge on any atom is -0.481 e. The van der Waals surface area contributed by atoms with Crippen molar-refractivity contribution in [2.45, 2.75) is 93.2 Å². The Morgan fingerprint density at radius 3 is 1.92 bits per heavy atom. The van der Waals surface area contributed by atoms with Gasteiger partial charge in [-0.1, -0.05) is 34.6 Å². The summed E-state index contributed by atoms with van der Waals surface area (Å²) in [7, 11) is 0. The Labute approximate surface area is 221 Å². The van der Waals surface area contributed by atoms with E-state index < -0.39 is 39.7 Å². The molecule has 1 amide bonds. The molecule has 0 aliphatic heterocycles. The lowest BCUT2D eigenvalue weighted by Gasteiger charge is -2.32. The van der Waals surface area contributed by atoms with Crippen molar-refractivity contribution in [3.63, 3.8) is 0 Å². The van der Waals surface area contributed by atoms with Gasteiger partial charge in [0.2, 0.25) is 5.91 Å². The van der Waals surface area contributed by atoms with Gasteiger partial charge in [-0.2, -0.15) is 0 Å². The van der Waals surface area contributed by atoms with Crippen LogP contribution in [0.25, 0.3) is 0 Å². The molecule has 0 aromatic heterocycles. The third kappa shape index (κ3) is 13.3. The molecule has 10 heteroatoms. The van der Waals surface area contributed by atoms with Crippen molar-refractivity contribution in [1.29, 1.82) is 0 Å². The molecule has 0 fully saturated rings. The maximum Gasteiger partial charge on any atom is 0.309 e. The lowest BCUT2D eigenvalue weighted by atomic mass is 9.74. The molecule has 37 heavy (non-hydrogen) atoms. The van der Waals surface area contributed by atoms with E-state index in [1.165, 1.54) is 0 Å². The molecule has 0 rings (SSSR count). The zero-order valence-corrected chi connectivity index (χ0v) is 24.1. The molecule has 0 aromatic carbocycles. The summed E-state index contributed by atoms with van der Waals surface area (Å²) in [6.07, 6.45) is 0.890. The van der Waals surface area contributed by atoms with E-state index in [1.807, 2.05) is 20.8 Å². The second-order valence-electron chi connectivity index (χ2n) is 12.3. The van der Waals surface area contributed by atoms with E-state index >= 15 is 0 Å². The summed E-state index contributed by atoms with van der Waals surface area (Å²) >= 11 is 0. The summed E-state index contributed by atoms with van der Waals surface area (Å²) in [5.74, 6) is -1.54. The Morgan fingerprint density at radius 1 is 0.838 bits per heavy atom. The molecule has 10 nitrogen and oxygen atoms in total. The van der Waals surface area contributed by atoms with Crippen molar-refractivity contribution >= 4 is 29.7 Å². The summed E-state index contributed by atoms with van der Waals surface area (Å²) in [6.45, 7) is 16.8. The minimum absolute atomic E-state index is 0.0247. The highest BCUT2D eigenvalue weighted by atomic mass is 16.5. The first kappa shape index (κ1) is 34.8. The van der Waals surface area contributed by atoms with E-state index in [9.17, 15) is 29.1 Å². The highest BCUT2D eigenvalue weighted by Gasteiger charge is 2.39. The molecule has 1 atom stereocenters. The molecule has 0 bridgehead atoms. The number of hydrogen-bond acceptors (Lipinski definition) is 8. The van der Waals surface area contributed by atoms with Gasteiger partial charge in [0, 0.05) is 23.8 Å². The maximum absolute atomic E-state index is 12.7. The Hall–Kier alpha value is -2.17. The molecule has 0 spiro atoms. The van der Waals surface area contributed by atoms with Crippen LogP contribution in [0.1, 0.15) is 81.6 Å². The van der Waals surface area contributed by atoms with Crippen LogP contribution in [0.5, 0.6) is 0 Å². The highest BCUT2D eigenvalue weighted by molar-refractivity contribution is 5.89. The van der Waals surface area contributed by atoms with Gasteiger partial charge in [-0.05, 0) is 40.5 Å². The van der Waals surface area contributed by atoms with E-state index in [-0.39, 0.29) is 37.4 Å². The average Bonchev–Trinajstić information content (AvgIpc) is 2.76. The van der Waals surface area contributed by atoms with Crippen molar-refractivity contribution in [1.82, 2.24) is 10.6 Å². The molecule has 0 aliphatic carbocycles. The second kappa shape index (κ2) is 14.7. The van der Waals surface area contributed by atoms with Gasteiger partial charge in [-0.15, -0.1) is 0 Å². The number of carboxylic acids is 1. The van der Waals surface area contributed by atoms with Crippen LogP contribution in [0.4, 0.5) is 0 Å². The number of Topliss-reactive ketones (excluding diaryl/α,β-unsaturated/α-hetero) is 2. The lowest BCUT2D eigenvalue weighted by Crippen LogP contribution is -2.49. The number of amides is 1. The Kier molecular flexibility index (Phi) is 13.8. The predicted molar refractivity (Wildman–Crippen MR) is 140 cm³/mol. The number of carbonyl (C=O) groups is 5. The van der Waals surface area contributed by atoms with Crippen LogP contribution in [-0.4, -0.2) is 79.4 Å². The summed E-state index contributed by atoms with van der Waals surface area (Å²) < 4.78 is 10.8. The first-order valence-corrected chi connectivity index (χ1v) is 12.7. The third-order valence-corrected chi connectivity index (χ3v) is 6.19. The van der Waals surface area contributed by atoms with Gasteiger partial charge in [0.15, 0.2) is 11.6 Å². The average molecular weight is 529 g/mol. The first-order valence-electron chi connectivity index (χ1n) is 12.7. The van der Waals surface area contributed by atoms with Crippen molar-refractivity contribution in [3.8, 4) is 0 Å². The number of rotatable bonds is 19. The van der Waals surface area contributed by atoms with Crippen molar-refractivity contribution in [2.75, 3.05) is 33.0 Å². The van der Waals surface area contributed by atoms with Crippen molar-refractivity contribution < 1.29 is 38.6 Å². The fraction of sp³-hybridized carbons (Fsp3) is 0.815. The molecule has 0 aliphatic rings. The number of aliphatic carboxylic acids is 1. The normalized spacial score (nSPS) is 13.6. The standard InChI is InChI=1S/C27H48N2O8/c1-24(2,3)21(32)17-37-15-14-36-13-12-28-27(8,9)20(31)11-10-19(16-30)29-22(33)25(4,5)18-26(6,7)23(34)35/h16,19,28H,10-15,17-18H2,1-9H3,(H,29,33)(H,34,35)/t19-/m1/s1. The van der Waals surface area contributed by atoms with E-state index in [4.69, 9.17) is 9.47 Å². The van der Waals surface area contributed by atoms with Gasteiger partial charge in [-0.25, -0.2) is 0 Å². The van der Waals surface area contributed by atoms with Gasteiger partial charge < -0.3 is 30.0 Å². The zero-order valence-electron chi connectivity index (χ0n) is 24.1. The van der Waals surface area contributed by atoms with Crippen LogP contribution in [0.3, 0.4) is 0 Å². The Bertz CT molecular complexity index is 797. The van der Waals surface area contributed by atoms with E-state index in [1.54, 1.807) is 41.5 Å². The minimum atomic E-state index is -1.11. The summed E-state index contributed by atoms with van der Waals surface area (Å²) in [4.78, 5) is 60.2. The van der Waals surface area contributed by atoms with Gasteiger partial charge in [0.05, 0.1) is 36.8 Å². The molecule has 0 saturated heterocycles. The number of hydrogen-bond donors (Lipinski definition) is 3. The molecule has 0 saturated carbocycles. The van der Waals surface area contributed by atoms with Crippen LogP contribution in [0.15, 0.2) is 0 Å². The van der Waals surface area contributed by atoms with Crippen LogP contribution in [-0.2, 0) is 33.4 Å². The number of aldehydes is 1. The third-order valence-electron chi connectivity index (χ3n) is 6.19. The van der Waals surface area contributed by atoms with Crippen LogP contribution < -0.4 is 10.6 Å². The fourth-order valence-corrected chi connectivity index (χ4v) is 3.53. The van der Waals surface area contributed by atoms with E-state index in [0.717, 1.165) is 0 Å². The van der Waals surface area contributed by atoms with Crippen LogP contribution in [0, 0.1) is 16.2 Å². The quantitative estimate of drug-likeness (QED) is 0.170. The fourth-order valence-electron chi connectivity index (χ4n) is 3.53. The largest absolute Gasteiger partial charge is 0.481 e. The lowest BCUT2D eigenvalue weighted by molar-refractivity contribution is -0.150. The number of carbonyl (C=O) groups excluding carboxylic acids is 4. The van der Waals surface area contributed by atoms with Gasteiger partial charge in [0.25, 0.3) is 0 Å². The van der Waals surface area contributed by atoms with Gasteiger partial charge in [-0.3, -0.25) is 19.2 Å².